The predicted molar refractivity (Wildman–Crippen MR) is 59.8 cm³/mol. The summed E-state index contributed by atoms with van der Waals surface area (Å²) in [6.45, 7) is 1.70. The van der Waals surface area contributed by atoms with E-state index in [1.165, 1.54) is 6.07 Å². The van der Waals surface area contributed by atoms with E-state index in [2.05, 4.69) is 4.98 Å². The Morgan fingerprint density at radius 3 is 2.75 bits per heavy atom. The summed E-state index contributed by atoms with van der Waals surface area (Å²) in [5.74, 6) is -0.240. The highest BCUT2D eigenvalue weighted by molar-refractivity contribution is 5.73. The molecule has 2 aromatic rings. The molecule has 1 aromatic carbocycles. The molecule has 0 unspecified atom stereocenters. The van der Waals surface area contributed by atoms with Crippen molar-refractivity contribution in [2.24, 2.45) is 0 Å². The molecule has 0 saturated carbocycles. The lowest BCUT2D eigenvalue weighted by atomic mass is 10.1. The third-order valence-electron chi connectivity index (χ3n) is 2.35. The van der Waals surface area contributed by atoms with Crippen LogP contribution in [0.5, 0.6) is 0 Å². The number of aryl methyl sites for hydroxylation is 1. The minimum atomic E-state index is -0.240. The number of halogens is 1. The number of carbonyl (C=O) groups excluding carboxylic acids is 1. The first-order chi connectivity index (χ1) is 7.70. The number of rotatable bonds is 2. The summed E-state index contributed by atoms with van der Waals surface area (Å²) in [7, 11) is 0. The van der Waals surface area contributed by atoms with Gasteiger partial charge in [-0.25, -0.2) is 9.37 Å². The van der Waals surface area contributed by atoms with Gasteiger partial charge in [-0.05, 0) is 42.8 Å². The summed E-state index contributed by atoms with van der Waals surface area (Å²) >= 11 is 0. The molecule has 0 aliphatic carbocycles. The Morgan fingerprint density at radius 2 is 2.06 bits per heavy atom. The smallest absolute Gasteiger partial charge is 0.168 e. The first-order valence-electron chi connectivity index (χ1n) is 4.89. The number of hydrogen-bond donors (Lipinski definition) is 0. The van der Waals surface area contributed by atoms with Gasteiger partial charge in [-0.15, -0.1) is 0 Å². The van der Waals surface area contributed by atoms with Crippen molar-refractivity contribution in [2.45, 2.75) is 6.92 Å². The van der Waals surface area contributed by atoms with E-state index in [4.69, 9.17) is 0 Å². The second kappa shape index (κ2) is 4.23. The fraction of sp³-hybridized carbons (Fsp3) is 0.0769. The van der Waals surface area contributed by atoms with Crippen LogP contribution in [-0.2, 0) is 0 Å². The Kier molecular flexibility index (Phi) is 2.77. The fourth-order valence-corrected chi connectivity index (χ4v) is 1.48. The van der Waals surface area contributed by atoms with Crippen LogP contribution in [0.1, 0.15) is 16.1 Å². The van der Waals surface area contributed by atoms with Crippen LogP contribution in [0.3, 0.4) is 0 Å². The molecule has 2 nitrogen and oxygen atoms in total. The predicted octanol–water partition coefficient (Wildman–Crippen LogP) is 3.01. The number of aromatic nitrogens is 1. The molecule has 1 heterocycles. The van der Waals surface area contributed by atoms with Gasteiger partial charge in [0.05, 0.1) is 5.69 Å². The largest absolute Gasteiger partial charge is 0.296 e. The fourth-order valence-electron chi connectivity index (χ4n) is 1.48. The van der Waals surface area contributed by atoms with Crippen molar-refractivity contribution in [1.82, 2.24) is 4.98 Å². The average molecular weight is 215 g/mol. The van der Waals surface area contributed by atoms with E-state index in [0.29, 0.717) is 23.2 Å². The summed E-state index contributed by atoms with van der Waals surface area (Å²) in [4.78, 5) is 14.7. The Hall–Kier alpha value is -2.03. The molecule has 0 aliphatic heterocycles. The second-order valence-electron chi connectivity index (χ2n) is 3.53. The lowest BCUT2D eigenvalue weighted by molar-refractivity contribution is 0.111. The van der Waals surface area contributed by atoms with E-state index in [-0.39, 0.29) is 5.82 Å². The normalized spacial score (nSPS) is 10.1. The van der Waals surface area contributed by atoms with E-state index in [0.717, 1.165) is 5.56 Å². The van der Waals surface area contributed by atoms with E-state index >= 15 is 0 Å². The van der Waals surface area contributed by atoms with Gasteiger partial charge in [0.2, 0.25) is 0 Å². The summed E-state index contributed by atoms with van der Waals surface area (Å²) in [5.41, 5.74) is 2.42. The van der Waals surface area contributed by atoms with E-state index in [1.54, 1.807) is 37.3 Å². The molecule has 1 aromatic heterocycles. The van der Waals surface area contributed by atoms with Crippen molar-refractivity contribution in [2.75, 3.05) is 0 Å². The van der Waals surface area contributed by atoms with E-state index < -0.39 is 0 Å². The lowest BCUT2D eigenvalue weighted by Gasteiger charge is -2.03. The maximum absolute atomic E-state index is 13.1. The third-order valence-corrected chi connectivity index (χ3v) is 2.35. The highest BCUT2D eigenvalue weighted by Gasteiger charge is 2.03. The molecule has 16 heavy (non-hydrogen) atoms. The van der Waals surface area contributed by atoms with Gasteiger partial charge in [0.25, 0.3) is 0 Å². The summed E-state index contributed by atoms with van der Waals surface area (Å²) in [6, 6.07) is 9.95. The van der Waals surface area contributed by atoms with E-state index in [1.807, 2.05) is 0 Å². The first kappa shape index (κ1) is 10.5. The van der Waals surface area contributed by atoms with Gasteiger partial charge in [0, 0.05) is 5.56 Å². The van der Waals surface area contributed by atoms with Gasteiger partial charge in [-0.3, -0.25) is 4.79 Å². The summed E-state index contributed by atoms with van der Waals surface area (Å²) < 4.78 is 13.1. The Balaban J connectivity index is 2.49. The number of aldehydes is 1. The van der Waals surface area contributed by atoms with Crippen LogP contribution in [-0.4, -0.2) is 11.3 Å². The van der Waals surface area contributed by atoms with Crippen molar-refractivity contribution >= 4 is 6.29 Å². The molecule has 0 bridgehead atoms. The number of carbonyl (C=O) groups is 1. The van der Waals surface area contributed by atoms with Crippen LogP contribution in [0.2, 0.25) is 0 Å². The van der Waals surface area contributed by atoms with Gasteiger partial charge in [-0.2, -0.15) is 0 Å². The molecule has 0 saturated heterocycles. The highest BCUT2D eigenvalue weighted by atomic mass is 19.1. The molecular formula is C13H10FNO. The second-order valence-corrected chi connectivity index (χ2v) is 3.53. The van der Waals surface area contributed by atoms with Gasteiger partial charge in [0.15, 0.2) is 6.29 Å². The van der Waals surface area contributed by atoms with Gasteiger partial charge in [-0.1, -0.05) is 6.07 Å². The number of nitrogens with zero attached hydrogens (tertiary/aromatic N) is 1. The Morgan fingerprint density at radius 1 is 1.25 bits per heavy atom. The summed E-state index contributed by atoms with van der Waals surface area (Å²) in [6.07, 6.45) is 0.694. The monoisotopic (exact) mass is 215 g/mol. The first-order valence-corrected chi connectivity index (χ1v) is 4.89. The minimum absolute atomic E-state index is 0.240. The maximum Gasteiger partial charge on any atom is 0.168 e. The maximum atomic E-state index is 13.1. The lowest BCUT2D eigenvalue weighted by Crippen LogP contribution is -1.91. The van der Waals surface area contributed by atoms with Crippen LogP contribution < -0.4 is 0 Å². The number of pyridine rings is 1. The van der Waals surface area contributed by atoms with Crippen molar-refractivity contribution in [3.8, 4) is 11.3 Å². The van der Waals surface area contributed by atoms with Crippen molar-refractivity contribution in [3.63, 3.8) is 0 Å². The quantitative estimate of drug-likeness (QED) is 0.721. The zero-order valence-electron chi connectivity index (χ0n) is 8.77. The number of benzene rings is 1. The molecule has 80 valence electrons. The molecule has 0 spiro atoms. The van der Waals surface area contributed by atoms with Crippen LogP contribution in [0, 0.1) is 12.7 Å². The van der Waals surface area contributed by atoms with Crippen LogP contribution in [0.25, 0.3) is 11.3 Å². The molecule has 0 radical (unpaired) electrons. The van der Waals surface area contributed by atoms with Gasteiger partial charge < -0.3 is 0 Å². The third kappa shape index (κ3) is 1.98. The average Bonchev–Trinajstić information content (AvgIpc) is 2.33. The molecule has 0 N–H and O–H groups in total. The van der Waals surface area contributed by atoms with Crippen molar-refractivity contribution in [1.29, 1.82) is 0 Å². The minimum Gasteiger partial charge on any atom is -0.296 e. The SMILES string of the molecule is Cc1cc(-c2cccc(C=O)n2)ccc1F. The zero-order chi connectivity index (χ0) is 11.5. The highest BCUT2D eigenvalue weighted by Crippen LogP contribution is 2.19. The Labute approximate surface area is 92.8 Å². The van der Waals surface area contributed by atoms with Crippen LogP contribution >= 0.6 is 0 Å². The Bertz CT molecular complexity index is 537. The van der Waals surface area contributed by atoms with Crippen LogP contribution in [0.4, 0.5) is 4.39 Å². The van der Waals surface area contributed by atoms with Crippen LogP contribution in [0.15, 0.2) is 36.4 Å². The van der Waals surface area contributed by atoms with Gasteiger partial charge >= 0.3 is 0 Å². The molecule has 2 rings (SSSR count). The van der Waals surface area contributed by atoms with Crippen molar-refractivity contribution < 1.29 is 9.18 Å². The van der Waals surface area contributed by atoms with Gasteiger partial charge in [0.1, 0.15) is 11.5 Å². The molecular weight excluding hydrogens is 205 g/mol. The molecule has 0 fully saturated rings. The molecule has 0 aliphatic rings. The standard InChI is InChI=1S/C13H10FNO/c1-9-7-10(5-6-12(9)14)13-4-2-3-11(8-16)15-13/h2-8H,1H3. The summed E-state index contributed by atoms with van der Waals surface area (Å²) in [5, 5.41) is 0. The number of hydrogen-bond acceptors (Lipinski definition) is 2. The molecule has 0 atom stereocenters. The molecule has 0 amide bonds. The zero-order valence-corrected chi connectivity index (χ0v) is 8.77. The topological polar surface area (TPSA) is 30.0 Å². The van der Waals surface area contributed by atoms with Crippen molar-refractivity contribution in [3.05, 3.63) is 53.5 Å². The van der Waals surface area contributed by atoms with E-state index in [9.17, 15) is 9.18 Å². The molecule has 3 heteroatoms.